The fourth-order valence-corrected chi connectivity index (χ4v) is 4.76. The van der Waals surface area contributed by atoms with Crippen LogP contribution in [0, 0.1) is 5.41 Å². The second-order valence-corrected chi connectivity index (χ2v) is 7.41. The molecule has 4 rings (SSSR count). The molecule has 0 N–H and O–H groups in total. The van der Waals surface area contributed by atoms with Crippen LogP contribution < -0.4 is 4.90 Å². The number of imide groups is 2. The maximum Gasteiger partial charge on any atom is 0.332 e. The normalized spacial score (nSPS) is 30.5. The maximum atomic E-state index is 13.3. The first kappa shape index (κ1) is 17.0. The van der Waals surface area contributed by atoms with Crippen molar-refractivity contribution in [3.8, 4) is 0 Å². The Morgan fingerprint density at radius 1 is 1.15 bits per heavy atom. The van der Waals surface area contributed by atoms with Crippen LogP contribution in [0.15, 0.2) is 18.5 Å². The van der Waals surface area contributed by atoms with Crippen LogP contribution in [-0.2, 0) is 20.7 Å². The third-order valence-electron chi connectivity index (χ3n) is 5.80. The summed E-state index contributed by atoms with van der Waals surface area (Å²) in [6, 6.07) is 0.749. The molecule has 0 aromatic carbocycles. The predicted molar refractivity (Wildman–Crippen MR) is 92.5 cm³/mol. The van der Waals surface area contributed by atoms with Crippen LogP contribution in [0.1, 0.15) is 19.4 Å². The molecule has 4 amide bonds. The summed E-state index contributed by atoms with van der Waals surface area (Å²) in [7, 11) is 2.86. The second-order valence-electron chi connectivity index (χ2n) is 7.41. The molecule has 1 aromatic rings. The van der Waals surface area contributed by atoms with Crippen LogP contribution in [0.5, 0.6) is 0 Å². The molecular weight excluding hydrogens is 336 g/mol. The lowest BCUT2D eigenvalue weighted by atomic mass is 9.66. The number of anilines is 1. The zero-order chi connectivity index (χ0) is 18.8. The standard InChI is InChI=1S/C18H22N4O4/c1-10-9-22-13-8-19-6-5-12(13)7-18(14(22)11(2)26-10)15(23)20(3)17(25)21(4)16(18)24/h5-6,8,10-11,14H,7,9H2,1-4H3. The van der Waals surface area contributed by atoms with Crippen molar-refractivity contribution in [2.75, 3.05) is 25.5 Å². The summed E-state index contributed by atoms with van der Waals surface area (Å²) in [5, 5.41) is 0. The van der Waals surface area contributed by atoms with Gasteiger partial charge < -0.3 is 9.64 Å². The Balaban J connectivity index is 1.94. The molecule has 1 aromatic heterocycles. The van der Waals surface area contributed by atoms with Gasteiger partial charge >= 0.3 is 6.03 Å². The van der Waals surface area contributed by atoms with Crippen LogP contribution >= 0.6 is 0 Å². The summed E-state index contributed by atoms with van der Waals surface area (Å²) < 4.78 is 6.00. The van der Waals surface area contributed by atoms with E-state index >= 15 is 0 Å². The van der Waals surface area contributed by atoms with E-state index in [2.05, 4.69) is 9.88 Å². The molecule has 4 heterocycles. The molecule has 1 spiro atoms. The van der Waals surface area contributed by atoms with Gasteiger partial charge in [-0.25, -0.2) is 4.79 Å². The fourth-order valence-electron chi connectivity index (χ4n) is 4.76. The highest BCUT2D eigenvalue weighted by molar-refractivity contribution is 6.20. The zero-order valence-corrected chi connectivity index (χ0v) is 15.3. The molecule has 8 heteroatoms. The van der Waals surface area contributed by atoms with E-state index in [1.807, 2.05) is 19.9 Å². The average molecular weight is 358 g/mol. The first-order valence-electron chi connectivity index (χ1n) is 8.74. The SMILES string of the molecule is CC1CN2c3cnccc3CC3(C(=O)N(C)C(=O)N(C)C3=O)C2C(C)O1. The Morgan fingerprint density at radius 3 is 2.46 bits per heavy atom. The molecule has 138 valence electrons. The van der Waals surface area contributed by atoms with Crippen molar-refractivity contribution in [2.45, 2.75) is 38.5 Å². The monoisotopic (exact) mass is 358 g/mol. The summed E-state index contributed by atoms with van der Waals surface area (Å²) in [5.41, 5.74) is 0.425. The van der Waals surface area contributed by atoms with Crippen LogP contribution in [0.4, 0.5) is 10.5 Å². The topological polar surface area (TPSA) is 83.1 Å². The zero-order valence-electron chi connectivity index (χ0n) is 15.3. The van der Waals surface area contributed by atoms with E-state index in [4.69, 9.17) is 4.74 Å². The van der Waals surface area contributed by atoms with Crippen molar-refractivity contribution in [3.05, 3.63) is 24.0 Å². The molecule has 3 atom stereocenters. The van der Waals surface area contributed by atoms with Crippen molar-refractivity contribution < 1.29 is 19.1 Å². The minimum Gasteiger partial charge on any atom is -0.372 e. The van der Waals surface area contributed by atoms with Crippen molar-refractivity contribution in [3.63, 3.8) is 0 Å². The lowest BCUT2D eigenvalue weighted by Gasteiger charge is -2.57. The Bertz CT molecular complexity index is 786. The van der Waals surface area contributed by atoms with Gasteiger partial charge in [-0.2, -0.15) is 0 Å². The number of hydrogen-bond acceptors (Lipinski definition) is 6. The van der Waals surface area contributed by atoms with Gasteiger partial charge in [-0.1, -0.05) is 0 Å². The van der Waals surface area contributed by atoms with E-state index in [1.54, 1.807) is 12.4 Å². The van der Waals surface area contributed by atoms with Crippen molar-refractivity contribution in [1.29, 1.82) is 0 Å². The van der Waals surface area contributed by atoms with Crippen molar-refractivity contribution in [1.82, 2.24) is 14.8 Å². The Morgan fingerprint density at radius 2 is 1.81 bits per heavy atom. The highest BCUT2D eigenvalue weighted by Gasteiger charge is 2.65. The lowest BCUT2D eigenvalue weighted by molar-refractivity contribution is -0.166. The number of pyridine rings is 1. The first-order chi connectivity index (χ1) is 12.3. The lowest BCUT2D eigenvalue weighted by Crippen LogP contribution is -2.75. The summed E-state index contributed by atoms with van der Waals surface area (Å²) >= 11 is 0. The molecule has 8 nitrogen and oxygen atoms in total. The molecule has 0 bridgehead atoms. The molecule has 2 fully saturated rings. The van der Waals surface area contributed by atoms with Gasteiger partial charge in [-0.05, 0) is 25.5 Å². The number of fused-ring (bicyclic) bond motifs is 4. The Kier molecular flexibility index (Phi) is 3.59. The van der Waals surface area contributed by atoms with Gasteiger partial charge in [0.2, 0.25) is 11.8 Å². The quantitative estimate of drug-likeness (QED) is 0.634. The van der Waals surface area contributed by atoms with E-state index in [1.165, 1.54) is 14.1 Å². The summed E-state index contributed by atoms with van der Waals surface area (Å²) in [4.78, 5) is 47.3. The summed E-state index contributed by atoms with van der Waals surface area (Å²) in [5.74, 6) is -0.930. The Hall–Kier alpha value is -2.48. The van der Waals surface area contributed by atoms with Crippen LogP contribution in [-0.4, -0.2) is 71.5 Å². The van der Waals surface area contributed by atoms with Crippen LogP contribution in [0.25, 0.3) is 0 Å². The second kappa shape index (κ2) is 5.51. The Labute approximate surface area is 151 Å². The van der Waals surface area contributed by atoms with Gasteiger partial charge in [0.05, 0.1) is 30.1 Å². The summed E-state index contributed by atoms with van der Waals surface area (Å²) in [6.45, 7) is 4.40. The number of rotatable bonds is 0. The van der Waals surface area contributed by atoms with Gasteiger partial charge in [0.25, 0.3) is 0 Å². The number of aromatic nitrogens is 1. The van der Waals surface area contributed by atoms with Crippen LogP contribution in [0.3, 0.4) is 0 Å². The van der Waals surface area contributed by atoms with Gasteiger partial charge in [0.15, 0.2) is 5.41 Å². The van der Waals surface area contributed by atoms with E-state index in [-0.39, 0.29) is 18.6 Å². The highest BCUT2D eigenvalue weighted by atomic mass is 16.5. The van der Waals surface area contributed by atoms with E-state index < -0.39 is 29.3 Å². The molecule has 3 aliphatic rings. The highest BCUT2D eigenvalue weighted by Crippen LogP contribution is 2.48. The molecule has 0 saturated carbocycles. The van der Waals surface area contributed by atoms with E-state index in [9.17, 15) is 14.4 Å². The molecule has 3 aliphatic heterocycles. The number of morpholine rings is 1. The number of carbonyl (C=O) groups is 3. The predicted octanol–water partition coefficient (Wildman–Crippen LogP) is 0.657. The molecule has 3 unspecified atom stereocenters. The third kappa shape index (κ3) is 1.99. The number of hydrogen-bond donors (Lipinski definition) is 0. The van der Waals surface area contributed by atoms with Crippen LogP contribution in [0.2, 0.25) is 0 Å². The number of carbonyl (C=O) groups excluding carboxylic acids is 3. The maximum absolute atomic E-state index is 13.3. The number of amides is 4. The fraction of sp³-hybridized carbons (Fsp3) is 0.556. The average Bonchev–Trinajstić information content (AvgIpc) is 2.62. The molecule has 0 aliphatic carbocycles. The molecule has 2 saturated heterocycles. The van der Waals surface area contributed by atoms with E-state index in [0.29, 0.717) is 6.54 Å². The largest absolute Gasteiger partial charge is 0.372 e. The van der Waals surface area contributed by atoms with Gasteiger partial charge in [-0.15, -0.1) is 0 Å². The summed E-state index contributed by atoms with van der Waals surface area (Å²) in [6.07, 6.45) is 3.27. The third-order valence-corrected chi connectivity index (χ3v) is 5.80. The molecule has 26 heavy (non-hydrogen) atoms. The number of ether oxygens (including phenoxy) is 1. The number of urea groups is 1. The number of barbiturate groups is 1. The number of nitrogens with zero attached hydrogens (tertiary/aromatic N) is 4. The minimum absolute atomic E-state index is 0.0460. The van der Waals surface area contributed by atoms with Crippen molar-refractivity contribution >= 4 is 23.5 Å². The smallest absolute Gasteiger partial charge is 0.332 e. The van der Waals surface area contributed by atoms with Gasteiger partial charge in [0.1, 0.15) is 0 Å². The molecular formula is C18H22N4O4. The van der Waals surface area contributed by atoms with E-state index in [0.717, 1.165) is 21.1 Å². The van der Waals surface area contributed by atoms with Crippen molar-refractivity contribution in [2.24, 2.45) is 5.41 Å². The van der Waals surface area contributed by atoms with Gasteiger partial charge in [-0.3, -0.25) is 24.4 Å². The first-order valence-corrected chi connectivity index (χ1v) is 8.74. The molecule has 0 radical (unpaired) electrons. The van der Waals surface area contributed by atoms with Gasteiger partial charge in [0, 0.05) is 33.3 Å². The minimum atomic E-state index is -1.38.